The number of amidine groups is 2. The predicted molar refractivity (Wildman–Crippen MR) is 168 cm³/mol. The van der Waals surface area contributed by atoms with Crippen LogP contribution in [0.4, 0.5) is 0 Å². The van der Waals surface area contributed by atoms with Gasteiger partial charge in [0.15, 0.2) is 5.84 Å². The van der Waals surface area contributed by atoms with Crippen molar-refractivity contribution in [1.82, 2.24) is 5.32 Å². The second-order valence-corrected chi connectivity index (χ2v) is 10.3. The zero-order valence-corrected chi connectivity index (χ0v) is 22.2. The van der Waals surface area contributed by atoms with Crippen molar-refractivity contribution < 1.29 is 4.42 Å². The first-order valence-corrected chi connectivity index (χ1v) is 13.8. The quantitative estimate of drug-likeness (QED) is 0.248. The number of aliphatic imine (C=N–C) groups is 2. The lowest BCUT2D eigenvalue weighted by atomic mass is 9.97. The lowest BCUT2D eigenvalue weighted by molar-refractivity contribution is 0.668. The molecule has 0 saturated carbocycles. The summed E-state index contributed by atoms with van der Waals surface area (Å²) in [5.74, 6) is 1.48. The van der Waals surface area contributed by atoms with Gasteiger partial charge in [0.2, 0.25) is 0 Å². The third-order valence-corrected chi connectivity index (χ3v) is 7.74. The Balaban J connectivity index is 1.28. The van der Waals surface area contributed by atoms with E-state index in [-0.39, 0.29) is 6.17 Å². The van der Waals surface area contributed by atoms with Gasteiger partial charge in [-0.05, 0) is 45.7 Å². The molecule has 0 radical (unpaired) electrons. The van der Waals surface area contributed by atoms with Crippen LogP contribution >= 0.6 is 0 Å². The smallest absolute Gasteiger partial charge is 0.159 e. The van der Waals surface area contributed by atoms with Crippen molar-refractivity contribution in [3.63, 3.8) is 0 Å². The number of nitrogens with zero attached hydrogens (tertiary/aromatic N) is 2. The number of furan rings is 1. The summed E-state index contributed by atoms with van der Waals surface area (Å²) in [6.45, 7) is 0. The van der Waals surface area contributed by atoms with Crippen molar-refractivity contribution in [3.8, 4) is 11.1 Å². The van der Waals surface area contributed by atoms with Crippen molar-refractivity contribution in [2.45, 2.75) is 6.17 Å². The number of benzene rings is 6. The van der Waals surface area contributed by atoms with Gasteiger partial charge in [-0.1, -0.05) is 121 Å². The molecule has 1 atom stereocenters. The van der Waals surface area contributed by atoms with Crippen molar-refractivity contribution in [2.24, 2.45) is 9.98 Å². The molecule has 4 nitrogen and oxygen atoms in total. The molecule has 4 heteroatoms. The Morgan fingerprint density at radius 1 is 0.561 bits per heavy atom. The molecule has 1 N–H and O–H groups in total. The molecule has 1 aromatic heterocycles. The van der Waals surface area contributed by atoms with E-state index in [0.29, 0.717) is 5.84 Å². The van der Waals surface area contributed by atoms with E-state index >= 15 is 0 Å². The zero-order valence-electron chi connectivity index (χ0n) is 22.2. The van der Waals surface area contributed by atoms with E-state index in [2.05, 4.69) is 96.3 Å². The molecule has 8 rings (SSSR count). The molecule has 0 aliphatic carbocycles. The molecule has 1 aliphatic heterocycles. The van der Waals surface area contributed by atoms with Gasteiger partial charge in [-0.2, -0.15) is 0 Å². The van der Waals surface area contributed by atoms with Crippen LogP contribution in [-0.2, 0) is 0 Å². The molecule has 0 bridgehead atoms. The lowest BCUT2D eigenvalue weighted by Gasteiger charge is -2.24. The Hall–Kier alpha value is -5.48. The molecule has 1 aliphatic rings. The first-order valence-electron chi connectivity index (χ1n) is 13.8. The summed E-state index contributed by atoms with van der Waals surface area (Å²) in [4.78, 5) is 10.0. The molecular weight excluding hydrogens is 502 g/mol. The van der Waals surface area contributed by atoms with E-state index in [1.54, 1.807) is 0 Å². The standard InChI is InChI=1S/C37H25N3O/c1-3-12-25(13-4-1)35-38-36(26-14-5-2-6-15-26)40-37(39-35)31-19-10-20-32-34(31)30-22-21-27(23-33(30)41-32)29-18-9-16-24-11-7-8-17-28(24)29/h1-23,35H,(H,38,39,40). The van der Waals surface area contributed by atoms with Crippen LogP contribution in [0.2, 0.25) is 0 Å². The fraction of sp³-hybridized carbons (Fsp3) is 0.0270. The van der Waals surface area contributed by atoms with Gasteiger partial charge in [0.1, 0.15) is 23.2 Å². The van der Waals surface area contributed by atoms with E-state index < -0.39 is 0 Å². The zero-order chi connectivity index (χ0) is 27.2. The summed E-state index contributed by atoms with van der Waals surface area (Å²) in [7, 11) is 0. The van der Waals surface area contributed by atoms with Gasteiger partial charge in [-0.15, -0.1) is 0 Å². The fourth-order valence-corrected chi connectivity index (χ4v) is 5.78. The number of nitrogens with one attached hydrogen (secondary N) is 1. The number of rotatable bonds is 4. The summed E-state index contributed by atoms with van der Waals surface area (Å²) >= 11 is 0. The minimum absolute atomic E-state index is 0.259. The minimum atomic E-state index is -0.259. The van der Waals surface area contributed by atoms with Crippen molar-refractivity contribution in [1.29, 1.82) is 0 Å². The van der Waals surface area contributed by atoms with Crippen LogP contribution in [-0.4, -0.2) is 11.7 Å². The van der Waals surface area contributed by atoms with E-state index in [0.717, 1.165) is 50.0 Å². The van der Waals surface area contributed by atoms with Gasteiger partial charge in [-0.25, -0.2) is 9.98 Å². The Kier molecular flexibility index (Phi) is 5.49. The molecule has 0 amide bonds. The Bertz CT molecular complexity index is 2120. The Morgan fingerprint density at radius 3 is 2.17 bits per heavy atom. The van der Waals surface area contributed by atoms with Crippen LogP contribution in [0.3, 0.4) is 0 Å². The maximum absolute atomic E-state index is 6.47. The lowest BCUT2D eigenvalue weighted by Crippen LogP contribution is -2.33. The van der Waals surface area contributed by atoms with Gasteiger partial charge in [-0.3, -0.25) is 0 Å². The van der Waals surface area contributed by atoms with Crippen molar-refractivity contribution >= 4 is 44.4 Å². The minimum Gasteiger partial charge on any atom is -0.456 e. The largest absolute Gasteiger partial charge is 0.456 e. The average molecular weight is 528 g/mol. The molecule has 2 heterocycles. The monoisotopic (exact) mass is 527 g/mol. The van der Waals surface area contributed by atoms with Crippen LogP contribution in [0.15, 0.2) is 154 Å². The highest BCUT2D eigenvalue weighted by atomic mass is 16.3. The molecule has 0 fully saturated rings. The van der Waals surface area contributed by atoms with Crippen LogP contribution < -0.4 is 5.32 Å². The van der Waals surface area contributed by atoms with Crippen LogP contribution in [0.1, 0.15) is 22.9 Å². The van der Waals surface area contributed by atoms with E-state index in [1.165, 1.54) is 16.3 Å². The summed E-state index contributed by atoms with van der Waals surface area (Å²) < 4.78 is 6.47. The maximum Gasteiger partial charge on any atom is 0.159 e. The summed E-state index contributed by atoms with van der Waals surface area (Å²) in [5, 5.41) is 8.16. The highest BCUT2D eigenvalue weighted by molar-refractivity contribution is 6.22. The van der Waals surface area contributed by atoms with Gasteiger partial charge in [0.05, 0.1) is 0 Å². The molecule has 194 valence electrons. The van der Waals surface area contributed by atoms with Gasteiger partial charge >= 0.3 is 0 Å². The number of fused-ring (bicyclic) bond motifs is 4. The van der Waals surface area contributed by atoms with Gasteiger partial charge in [0.25, 0.3) is 0 Å². The third-order valence-electron chi connectivity index (χ3n) is 7.74. The highest BCUT2D eigenvalue weighted by Crippen LogP contribution is 2.37. The first kappa shape index (κ1) is 23.4. The van der Waals surface area contributed by atoms with E-state index in [9.17, 15) is 0 Å². The third kappa shape index (κ3) is 4.09. The molecule has 6 aromatic carbocycles. The summed E-state index contributed by atoms with van der Waals surface area (Å²) in [6, 6.07) is 48.0. The van der Waals surface area contributed by atoms with Crippen LogP contribution in [0, 0.1) is 0 Å². The first-order chi connectivity index (χ1) is 20.3. The molecule has 7 aromatic rings. The summed E-state index contributed by atoms with van der Waals surface area (Å²) in [6.07, 6.45) is -0.259. The molecule has 0 saturated heterocycles. The van der Waals surface area contributed by atoms with Gasteiger partial charge < -0.3 is 9.73 Å². The van der Waals surface area contributed by atoms with E-state index in [1.807, 2.05) is 48.5 Å². The average Bonchev–Trinajstić information content (AvgIpc) is 3.43. The molecule has 0 spiro atoms. The second-order valence-electron chi connectivity index (χ2n) is 10.3. The SMILES string of the molecule is c1ccc(C2=NC(c3ccccc3)NC(c3cccc4oc5cc(-c6cccc7ccccc67)ccc5c34)=N2)cc1. The molecular formula is C37H25N3O. The van der Waals surface area contributed by atoms with Gasteiger partial charge in [0, 0.05) is 21.9 Å². The second kappa shape index (κ2) is 9.61. The molecule has 41 heavy (non-hydrogen) atoms. The van der Waals surface area contributed by atoms with Crippen molar-refractivity contribution in [3.05, 3.63) is 156 Å². The number of hydrogen-bond donors (Lipinski definition) is 1. The fourth-order valence-electron chi connectivity index (χ4n) is 5.78. The van der Waals surface area contributed by atoms with E-state index in [4.69, 9.17) is 14.4 Å². The predicted octanol–water partition coefficient (Wildman–Crippen LogP) is 8.90. The van der Waals surface area contributed by atoms with Crippen molar-refractivity contribution in [2.75, 3.05) is 0 Å². The van der Waals surface area contributed by atoms with Crippen LogP contribution in [0.5, 0.6) is 0 Å². The topological polar surface area (TPSA) is 49.9 Å². The summed E-state index contributed by atoms with van der Waals surface area (Å²) in [5.41, 5.74) is 7.06. The molecule has 1 unspecified atom stereocenters. The maximum atomic E-state index is 6.47. The number of hydrogen-bond acceptors (Lipinski definition) is 4. The Morgan fingerprint density at radius 2 is 1.29 bits per heavy atom. The van der Waals surface area contributed by atoms with Crippen LogP contribution in [0.25, 0.3) is 43.8 Å². The highest BCUT2D eigenvalue weighted by Gasteiger charge is 2.23. The normalized spacial score (nSPS) is 15.1. The Labute approximate surface area is 237 Å².